The highest BCUT2D eigenvalue weighted by Gasteiger charge is 2.09. The zero-order valence-corrected chi connectivity index (χ0v) is 20.2. The average Bonchev–Trinajstić information content (AvgIpc) is 2.73. The maximum atomic E-state index is 13.7. The predicted molar refractivity (Wildman–Crippen MR) is 132 cm³/mol. The van der Waals surface area contributed by atoms with Crippen LogP contribution in [0, 0.1) is 5.82 Å². The Morgan fingerprint density at radius 1 is 1.10 bits per heavy atom. The van der Waals surface area contributed by atoms with Crippen LogP contribution in [0.25, 0.3) is 0 Å². The maximum Gasteiger partial charge on any atom is 0.251 e. The van der Waals surface area contributed by atoms with E-state index in [4.69, 9.17) is 0 Å². The van der Waals surface area contributed by atoms with Gasteiger partial charge in [-0.05, 0) is 56.0 Å². The molecule has 30 heavy (non-hydrogen) atoms. The fourth-order valence-electron chi connectivity index (χ4n) is 2.75. The van der Waals surface area contributed by atoms with Gasteiger partial charge in [-0.15, -0.1) is 24.0 Å². The minimum atomic E-state index is -0.191. The van der Waals surface area contributed by atoms with Gasteiger partial charge in [0, 0.05) is 24.7 Å². The Morgan fingerprint density at radius 3 is 2.57 bits per heavy atom. The van der Waals surface area contributed by atoms with Crippen molar-refractivity contribution in [3.05, 3.63) is 71.0 Å². The molecule has 0 aliphatic heterocycles. The summed E-state index contributed by atoms with van der Waals surface area (Å²) in [6.45, 7) is 7.76. The van der Waals surface area contributed by atoms with E-state index in [-0.39, 0.29) is 41.7 Å². The second-order valence-corrected chi connectivity index (χ2v) is 6.95. The van der Waals surface area contributed by atoms with E-state index in [0.29, 0.717) is 36.6 Å². The molecule has 0 radical (unpaired) electrons. The summed E-state index contributed by atoms with van der Waals surface area (Å²) in [4.78, 5) is 16.9. The normalized spacial score (nSPS) is 11.9. The van der Waals surface area contributed by atoms with E-state index in [1.54, 1.807) is 12.1 Å². The zero-order chi connectivity index (χ0) is 21.1. The van der Waals surface area contributed by atoms with Gasteiger partial charge in [-0.3, -0.25) is 4.79 Å². The lowest BCUT2D eigenvalue weighted by Crippen LogP contribution is -2.38. The van der Waals surface area contributed by atoms with Crippen molar-refractivity contribution in [1.82, 2.24) is 16.0 Å². The molecule has 7 heteroatoms. The first kappa shape index (κ1) is 25.9. The van der Waals surface area contributed by atoms with Gasteiger partial charge in [0.1, 0.15) is 5.82 Å². The van der Waals surface area contributed by atoms with Gasteiger partial charge in [-0.25, -0.2) is 9.38 Å². The number of hydrogen-bond acceptors (Lipinski definition) is 2. The summed E-state index contributed by atoms with van der Waals surface area (Å²) in [7, 11) is 0. The van der Waals surface area contributed by atoms with Crippen molar-refractivity contribution in [2.75, 3.05) is 13.1 Å². The van der Waals surface area contributed by atoms with Gasteiger partial charge in [0.05, 0.1) is 6.54 Å². The molecule has 3 N–H and O–H groups in total. The maximum absolute atomic E-state index is 13.7. The lowest BCUT2D eigenvalue weighted by Gasteiger charge is -2.13. The van der Waals surface area contributed by atoms with E-state index in [1.807, 2.05) is 51.1 Å². The largest absolute Gasteiger partial charge is 0.357 e. The molecule has 1 atom stereocenters. The SMILES string of the molecule is CCNC(=NCc1cccc(C(=O)NC(C)CC)c1)NCCc1ccccc1F.I. The highest BCUT2D eigenvalue weighted by molar-refractivity contribution is 14.0. The molecule has 164 valence electrons. The number of benzene rings is 2. The third kappa shape index (κ3) is 8.69. The number of nitrogens with one attached hydrogen (secondary N) is 3. The van der Waals surface area contributed by atoms with Crippen molar-refractivity contribution in [1.29, 1.82) is 0 Å². The summed E-state index contributed by atoms with van der Waals surface area (Å²) in [5.74, 6) is 0.405. The second kappa shape index (κ2) is 14.0. The minimum Gasteiger partial charge on any atom is -0.357 e. The molecule has 0 saturated carbocycles. The van der Waals surface area contributed by atoms with Crippen LogP contribution in [0.2, 0.25) is 0 Å². The lowest BCUT2D eigenvalue weighted by molar-refractivity contribution is 0.0939. The van der Waals surface area contributed by atoms with E-state index in [9.17, 15) is 9.18 Å². The Labute approximate surface area is 196 Å². The summed E-state index contributed by atoms with van der Waals surface area (Å²) in [5, 5.41) is 9.40. The highest BCUT2D eigenvalue weighted by Crippen LogP contribution is 2.08. The van der Waals surface area contributed by atoms with Gasteiger partial charge < -0.3 is 16.0 Å². The van der Waals surface area contributed by atoms with Gasteiger partial charge in [-0.1, -0.05) is 37.3 Å². The van der Waals surface area contributed by atoms with Crippen LogP contribution >= 0.6 is 24.0 Å². The van der Waals surface area contributed by atoms with Crippen molar-refractivity contribution in [3.63, 3.8) is 0 Å². The standard InChI is InChI=1S/C23H31FN4O.HI/c1-4-17(3)28-22(29)20-11-8-9-18(15-20)16-27-23(25-5-2)26-14-13-19-10-6-7-12-21(19)24;/h6-12,15,17H,4-5,13-14,16H2,1-3H3,(H,28,29)(H2,25,26,27);1H. The van der Waals surface area contributed by atoms with E-state index in [2.05, 4.69) is 20.9 Å². The Morgan fingerprint density at radius 2 is 1.87 bits per heavy atom. The molecular weight excluding hydrogens is 494 g/mol. The highest BCUT2D eigenvalue weighted by atomic mass is 127. The fourth-order valence-corrected chi connectivity index (χ4v) is 2.75. The molecule has 0 fully saturated rings. The van der Waals surface area contributed by atoms with Crippen LogP contribution in [-0.4, -0.2) is 31.0 Å². The smallest absolute Gasteiger partial charge is 0.251 e. The van der Waals surface area contributed by atoms with E-state index >= 15 is 0 Å². The van der Waals surface area contributed by atoms with Gasteiger partial charge in [0.2, 0.25) is 0 Å². The number of aliphatic imine (C=N–C) groups is 1. The molecule has 0 aliphatic rings. The number of amides is 1. The number of nitrogens with zero attached hydrogens (tertiary/aromatic N) is 1. The van der Waals surface area contributed by atoms with E-state index in [1.165, 1.54) is 6.07 Å². The van der Waals surface area contributed by atoms with Crippen molar-refractivity contribution in [2.24, 2.45) is 4.99 Å². The van der Waals surface area contributed by atoms with Crippen LogP contribution in [0.3, 0.4) is 0 Å². The number of carbonyl (C=O) groups is 1. The number of rotatable bonds is 9. The van der Waals surface area contributed by atoms with Crippen LogP contribution in [0.4, 0.5) is 4.39 Å². The Kier molecular flexibility index (Phi) is 12.0. The average molecular weight is 526 g/mol. The Bertz CT molecular complexity index is 828. The molecule has 0 saturated heterocycles. The molecule has 2 rings (SSSR count). The number of hydrogen-bond donors (Lipinski definition) is 3. The van der Waals surface area contributed by atoms with Crippen LogP contribution < -0.4 is 16.0 Å². The summed E-state index contributed by atoms with van der Waals surface area (Å²) in [6.07, 6.45) is 1.46. The molecule has 1 amide bonds. The zero-order valence-electron chi connectivity index (χ0n) is 17.9. The first-order chi connectivity index (χ1) is 14.0. The van der Waals surface area contributed by atoms with Crippen molar-refractivity contribution >= 4 is 35.8 Å². The third-order valence-electron chi connectivity index (χ3n) is 4.59. The predicted octanol–water partition coefficient (Wildman–Crippen LogP) is 4.27. The molecule has 2 aromatic carbocycles. The Hall–Kier alpha value is -2.16. The first-order valence-electron chi connectivity index (χ1n) is 10.2. The number of guanidine groups is 1. The lowest BCUT2D eigenvalue weighted by atomic mass is 10.1. The molecule has 0 aromatic heterocycles. The quantitative estimate of drug-likeness (QED) is 0.260. The van der Waals surface area contributed by atoms with Gasteiger partial charge in [0.15, 0.2) is 5.96 Å². The third-order valence-corrected chi connectivity index (χ3v) is 4.59. The number of carbonyl (C=O) groups excluding carboxylic acids is 1. The monoisotopic (exact) mass is 526 g/mol. The van der Waals surface area contributed by atoms with Crippen molar-refractivity contribution < 1.29 is 9.18 Å². The molecule has 5 nitrogen and oxygen atoms in total. The molecule has 0 spiro atoms. The van der Waals surface area contributed by atoms with Crippen LogP contribution in [0.5, 0.6) is 0 Å². The topological polar surface area (TPSA) is 65.5 Å². The molecular formula is C23H32FIN4O. The fraction of sp³-hybridized carbons (Fsp3) is 0.391. The van der Waals surface area contributed by atoms with Gasteiger partial charge in [-0.2, -0.15) is 0 Å². The van der Waals surface area contributed by atoms with Crippen LogP contribution in [-0.2, 0) is 13.0 Å². The van der Waals surface area contributed by atoms with Gasteiger partial charge >= 0.3 is 0 Å². The summed E-state index contributed by atoms with van der Waals surface area (Å²) < 4.78 is 13.7. The summed E-state index contributed by atoms with van der Waals surface area (Å²) >= 11 is 0. The van der Waals surface area contributed by atoms with Crippen LogP contribution in [0.1, 0.15) is 48.7 Å². The van der Waals surface area contributed by atoms with E-state index < -0.39 is 0 Å². The second-order valence-electron chi connectivity index (χ2n) is 6.95. The van der Waals surface area contributed by atoms with Crippen molar-refractivity contribution in [2.45, 2.75) is 46.2 Å². The first-order valence-corrected chi connectivity index (χ1v) is 10.2. The van der Waals surface area contributed by atoms with Crippen molar-refractivity contribution in [3.8, 4) is 0 Å². The summed E-state index contributed by atoms with van der Waals surface area (Å²) in [5.41, 5.74) is 2.26. The van der Waals surface area contributed by atoms with Crippen LogP contribution in [0.15, 0.2) is 53.5 Å². The number of halogens is 2. The van der Waals surface area contributed by atoms with E-state index in [0.717, 1.165) is 18.5 Å². The summed E-state index contributed by atoms with van der Waals surface area (Å²) in [6, 6.07) is 14.4. The minimum absolute atomic E-state index is 0. The van der Waals surface area contributed by atoms with Gasteiger partial charge in [0.25, 0.3) is 5.91 Å². The molecule has 1 unspecified atom stereocenters. The Balaban J connectivity index is 0.00000450. The molecule has 0 aliphatic carbocycles. The molecule has 0 bridgehead atoms. The molecule has 2 aromatic rings. The molecule has 0 heterocycles.